The van der Waals surface area contributed by atoms with E-state index < -0.39 is 30.6 Å². The van der Waals surface area contributed by atoms with E-state index in [2.05, 4.69) is 0 Å². The van der Waals surface area contributed by atoms with Gasteiger partial charge >= 0.3 is 0 Å². The second-order valence-electron chi connectivity index (χ2n) is 5.12. The summed E-state index contributed by atoms with van der Waals surface area (Å²) in [5.74, 6) is 0. The maximum Gasteiger partial charge on any atom is 0.156 e. The summed E-state index contributed by atoms with van der Waals surface area (Å²) < 4.78 is 18.8. The third-order valence-corrected chi connectivity index (χ3v) is 2.75. The Hall–Kier alpha value is -0.230. The van der Waals surface area contributed by atoms with Crippen LogP contribution in [0.15, 0.2) is 0 Å². The van der Waals surface area contributed by atoms with E-state index in [-0.39, 0.29) is 12.0 Å². The van der Waals surface area contributed by atoms with Crippen molar-refractivity contribution in [2.75, 3.05) is 6.54 Å². The molecule has 1 aliphatic rings. The van der Waals surface area contributed by atoms with Crippen LogP contribution in [0.3, 0.4) is 0 Å². The molecule has 0 aromatic heterocycles. The van der Waals surface area contributed by atoms with Crippen LogP contribution in [0, 0.1) is 5.41 Å². The van der Waals surface area contributed by atoms with Crippen LogP contribution >= 0.6 is 0 Å². The lowest BCUT2D eigenvalue weighted by Gasteiger charge is -2.44. The minimum Gasteiger partial charge on any atom is -0.388 e. The van der Waals surface area contributed by atoms with Crippen LogP contribution in [0.2, 0.25) is 0 Å². The zero-order chi connectivity index (χ0) is 11.8. The van der Waals surface area contributed by atoms with Crippen molar-refractivity contribution in [3.05, 3.63) is 0 Å². The van der Waals surface area contributed by atoms with Gasteiger partial charge in [-0.1, -0.05) is 20.8 Å². The van der Waals surface area contributed by atoms with Crippen LogP contribution in [-0.2, 0) is 4.74 Å². The summed E-state index contributed by atoms with van der Waals surface area (Å²) in [5.41, 5.74) is 4.98. The van der Waals surface area contributed by atoms with E-state index in [0.717, 1.165) is 0 Å². The Morgan fingerprint density at radius 1 is 1.27 bits per heavy atom. The van der Waals surface area contributed by atoms with Crippen molar-refractivity contribution < 1.29 is 19.3 Å². The number of rotatable bonds is 1. The second-order valence-corrected chi connectivity index (χ2v) is 5.12. The molecular weight excluding hydrogens is 201 g/mol. The van der Waals surface area contributed by atoms with Gasteiger partial charge in [0, 0.05) is 6.54 Å². The van der Waals surface area contributed by atoms with Crippen molar-refractivity contribution in [1.82, 2.24) is 0 Å². The number of hydrogen-bond donors (Lipinski definition) is 3. The molecule has 0 radical (unpaired) electrons. The standard InChI is InChI=1S/C10H20FNO3/c1-10(2,3)9-8(14)7(13)6(11)5(4-12)15-9/h5-9,13-14H,4,12H2,1-3H3/t5-,6-,7+,8-,9-/m1/s1. The molecule has 15 heavy (non-hydrogen) atoms. The number of aliphatic hydroxyl groups excluding tert-OH is 2. The van der Waals surface area contributed by atoms with Gasteiger partial charge in [-0.2, -0.15) is 0 Å². The molecule has 1 rings (SSSR count). The maximum absolute atomic E-state index is 13.4. The van der Waals surface area contributed by atoms with Crippen molar-refractivity contribution in [3.8, 4) is 0 Å². The first-order valence-corrected chi connectivity index (χ1v) is 5.14. The van der Waals surface area contributed by atoms with Gasteiger partial charge in [0.05, 0.1) is 6.10 Å². The molecule has 1 heterocycles. The molecule has 0 aliphatic carbocycles. The molecule has 5 heteroatoms. The van der Waals surface area contributed by atoms with Crippen molar-refractivity contribution in [3.63, 3.8) is 0 Å². The average Bonchev–Trinajstić information content (AvgIpc) is 2.13. The normalized spacial score (nSPS) is 43.0. The molecule has 0 aromatic rings. The van der Waals surface area contributed by atoms with Crippen LogP contribution in [0.5, 0.6) is 0 Å². The lowest BCUT2D eigenvalue weighted by atomic mass is 9.80. The Balaban J connectivity index is 2.83. The predicted molar refractivity (Wildman–Crippen MR) is 54.1 cm³/mol. The first-order valence-electron chi connectivity index (χ1n) is 5.14. The van der Waals surface area contributed by atoms with E-state index in [1.807, 2.05) is 20.8 Å². The molecule has 0 amide bonds. The summed E-state index contributed by atoms with van der Waals surface area (Å²) in [6.45, 7) is 5.58. The first kappa shape index (κ1) is 12.8. The lowest BCUT2D eigenvalue weighted by Crippen LogP contribution is -2.60. The molecule has 4 nitrogen and oxygen atoms in total. The minimum absolute atomic E-state index is 0.00245. The molecule has 1 saturated heterocycles. The number of halogens is 1. The zero-order valence-corrected chi connectivity index (χ0v) is 9.35. The van der Waals surface area contributed by atoms with Crippen molar-refractivity contribution >= 4 is 0 Å². The molecule has 1 aliphatic heterocycles. The predicted octanol–water partition coefficient (Wildman–Crippen LogP) is -0.182. The molecule has 0 spiro atoms. The summed E-state index contributed by atoms with van der Waals surface area (Å²) in [7, 11) is 0. The number of ether oxygens (including phenoxy) is 1. The third kappa shape index (κ3) is 2.47. The van der Waals surface area contributed by atoms with Gasteiger partial charge in [-0.25, -0.2) is 4.39 Å². The van der Waals surface area contributed by atoms with Gasteiger partial charge < -0.3 is 20.7 Å². The number of hydrogen-bond acceptors (Lipinski definition) is 4. The fourth-order valence-corrected chi connectivity index (χ4v) is 1.83. The smallest absolute Gasteiger partial charge is 0.156 e. The van der Waals surface area contributed by atoms with Gasteiger partial charge in [-0.15, -0.1) is 0 Å². The molecule has 0 bridgehead atoms. The Labute approximate surface area is 89.2 Å². The Morgan fingerprint density at radius 3 is 2.20 bits per heavy atom. The van der Waals surface area contributed by atoms with Crippen LogP contribution in [0.1, 0.15) is 20.8 Å². The highest BCUT2D eigenvalue weighted by atomic mass is 19.1. The summed E-state index contributed by atoms with van der Waals surface area (Å²) in [5, 5.41) is 19.2. The van der Waals surface area contributed by atoms with Crippen LogP contribution < -0.4 is 5.73 Å². The van der Waals surface area contributed by atoms with Crippen LogP contribution in [0.25, 0.3) is 0 Å². The molecule has 0 unspecified atom stereocenters. The Morgan fingerprint density at radius 2 is 1.80 bits per heavy atom. The largest absolute Gasteiger partial charge is 0.388 e. The van der Waals surface area contributed by atoms with Gasteiger partial charge in [0.2, 0.25) is 0 Å². The minimum atomic E-state index is -1.62. The SMILES string of the molecule is CC(C)(C)[C@@H]1O[C@H](CN)[C@@H](F)[C@H](O)[C@H]1O. The van der Waals surface area contributed by atoms with Crippen molar-refractivity contribution in [2.45, 2.75) is 51.4 Å². The fourth-order valence-electron chi connectivity index (χ4n) is 1.83. The lowest BCUT2D eigenvalue weighted by molar-refractivity contribution is -0.226. The van der Waals surface area contributed by atoms with Gasteiger partial charge in [0.1, 0.15) is 18.3 Å². The van der Waals surface area contributed by atoms with Crippen LogP contribution in [0.4, 0.5) is 4.39 Å². The monoisotopic (exact) mass is 221 g/mol. The number of aliphatic hydroxyl groups is 2. The van der Waals surface area contributed by atoms with Crippen LogP contribution in [-0.4, -0.2) is 47.3 Å². The fraction of sp³-hybridized carbons (Fsp3) is 1.00. The quantitative estimate of drug-likeness (QED) is 0.574. The Bertz CT molecular complexity index is 217. The van der Waals surface area contributed by atoms with E-state index in [4.69, 9.17) is 10.5 Å². The third-order valence-electron chi connectivity index (χ3n) is 2.75. The van der Waals surface area contributed by atoms with Gasteiger partial charge in [-0.05, 0) is 5.41 Å². The first-order chi connectivity index (χ1) is 6.79. The van der Waals surface area contributed by atoms with E-state index in [9.17, 15) is 14.6 Å². The molecule has 1 fully saturated rings. The van der Waals surface area contributed by atoms with Gasteiger partial charge in [-0.3, -0.25) is 0 Å². The Kier molecular flexibility index (Phi) is 3.71. The van der Waals surface area contributed by atoms with Gasteiger partial charge in [0.15, 0.2) is 6.17 Å². The van der Waals surface area contributed by atoms with Crippen molar-refractivity contribution in [1.29, 1.82) is 0 Å². The molecule has 5 atom stereocenters. The highest BCUT2D eigenvalue weighted by molar-refractivity contribution is 4.96. The maximum atomic E-state index is 13.4. The number of nitrogens with two attached hydrogens (primary N) is 1. The molecular formula is C10H20FNO3. The van der Waals surface area contributed by atoms with E-state index >= 15 is 0 Å². The van der Waals surface area contributed by atoms with E-state index in [1.165, 1.54) is 0 Å². The molecule has 0 saturated carbocycles. The highest BCUT2D eigenvalue weighted by Gasteiger charge is 2.48. The van der Waals surface area contributed by atoms with Crippen molar-refractivity contribution in [2.24, 2.45) is 11.1 Å². The summed E-state index contributed by atoms with van der Waals surface area (Å²) >= 11 is 0. The summed E-state index contributed by atoms with van der Waals surface area (Å²) in [6.07, 6.45) is -5.69. The highest BCUT2D eigenvalue weighted by Crippen LogP contribution is 2.33. The topological polar surface area (TPSA) is 75.7 Å². The summed E-state index contributed by atoms with van der Waals surface area (Å²) in [4.78, 5) is 0. The number of alkyl halides is 1. The van der Waals surface area contributed by atoms with E-state index in [1.54, 1.807) is 0 Å². The molecule has 4 N–H and O–H groups in total. The zero-order valence-electron chi connectivity index (χ0n) is 9.35. The summed E-state index contributed by atoms with van der Waals surface area (Å²) in [6, 6.07) is 0. The second kappa shape index (κ2) is 4.33. The molecule has 90 valence electrons. The average molecular weight is 221 g/mol. The van der Waals surface area contributed by atoms with E-state index in [0.29, 0.717) is 0 Å². The molecule has 0 aromatic carbocycles. The van der Waals surface area contributed by atoms with Gasteiger partial charge in [0.25, 0.3) is 0 Å².